The topological polar surface area (TPSA) is 67.8 Å². The van der Waals surface area contributed by atoms with Gasteiger partial charge in [-0.05, 0) is 6.92 Å². The largest absolute Gasteiger partial charge is 0.331 e. The lowest BCUT2D eigenvalue weighted by atomic mass is 10.3. The molecule has 0 spiro atoms. The predicted molar refractivity (Wildman–Crippen MR) is 55.5 cm³/mol. The van der Waals surface area contributed by atoms with Gasteiger partial charge in [0.05, 0.1) is 0 Å². The fourth-order valence-electron chi connectivity index (χ4n) is 1.25. The summed E-state index contributed by atoms with van der Waals surface area (Å²) in [6, 6.07) is 1.77. The van der Waals surface area contributed by atoms with Crippen LogP contribution in [0.25, 0.3) is 0 Å². The van der Waals surface area contributed by atoms with Crippen molar-refractivity contribution in [3.05, 3.63) is 45.3 Å². The van der Waals surface area contributed by atoms with Crippen LogP contribution in [0.3, 0.4) is 0 Å². The summed E-state index contributed by atoms with van der Waals surface area (Å²) < 4.78 is 2.32. The molecule has 0 aliphatic rings. The molecular weight excluding hydrogens is 194 g/mol. The maximum atomic E-state index is 11.6. The molecule has 15 heavy (non-hydrogen) atoms. The first-order valence-electron chi connectivity index (χ1n) is 4.51. The molecule has 0 saturated heterocycles. The number of rotatable bonds is 3. The number of hydrogen-bond acceptors (Lipinski definition) is 3. The van der Waals surface area contributed by atoms with Crippen LogP contribution < -0.4 is 11.2 Å². The molecule has 78 valence electrons. The van der Waals surface area contributed by atoms with Crippen molar-refractivity contribution in [1.29, 1.82) is 5.26 Å². The van der Waals surface area contributed by atoms with Gasteiger partial charge in [0.15, 0.2) is 0 Å². The van der Waals surface area contributed by atoms with Crippen LogP contribution in [0.2, 0.25) is 0 Å². The Morgan fingerprint density at radius 3 is 2.73 bits per heavy atom. The molecule has 0 bridgehead atoms. The van der Waals surface area contributed by atoms with Crippen LogP contribution in [0.1, 0.15) is 12.5 Å². The average Bonchev–Trinajstić information content (AvgIpc) is 2.25. The zero-order valence-electron chi connectivity index (χ0n) is 8.43. The summed E-state index contributed by atoms with van der Waals surface area (Å²) in [6.45, 7) is 5.77. The molecule has 1 aromatic rings. The summed E-state index contributed by atoms with van der Waals surface area (Å²) >= 11 is 0. The van der Waals surface area contributed by atoms with Gasteiger partial charge in [0.1, 0.15) is 11.6 Å². The van der Waals surface area contributed by atoms with E-state index in [2.05, 4.69) is 6.58 Å². The first-order valence-corrected chi connectivity index (χ1v) is 4.51. The lowest BCUT2D eigenvalue weighted by Gasteiger charge is -2.06. The molecule has 5 heteroatoms. The van der Waals surface area contributed by atoms with E-state index >= 15 is 0 Å². The average molecular weight is 205 g/mol. The molecule has 5 nitrogen and oxygen atoms in total. The van der Waals surface area contributed by atoms with E-state index in [9.17, 15) is 9.59 Å². The van der Waals surface area contributed by atoms with Gasteiger partial charge in [-0.1, -0.05) is 6.08 Å². The normalized spacial score (nSPS) is 9.60. The first-order chi connectivity index (χ1) is 7.15. The number of aromatic nitrogens is 2. The summed E-state index contributed by atoms with van der Waals surface area (Å²) in [5.41, 5.74) is -1.01. The standard InChI is InChI=1S/C10H11N3O2/c1-3-5-13-9(14)8(6-11)7-12(4-2)10(13)15/h3,7H,1,4-5H2,2H3. The monoisotopic (exact) mass is 205 g/mol. The molecule has 0 N–H and O–H groups in total. The van der Waals surface area contributed by atoms with Gasteiger partial charge in [-0.15, -0.1) is 6.58 Å². The third-order valence-corrected chi connectivity index (χ3v) is 2.01. The van der Waals surface area contributed by atoms with E-state index in [4.69, 9.17) is 5.26 Å². The van der Waals surface area contributed by atoms with Crippen molar-refractivity contribution >= 4 is 0 Å². The molecular formula is C10H11N3O2. The maximum Gasteiger partial charge on any atom is 0.331 e. The van der Waals surface area contributed by atoms with Crippen molar-refractivity contribution in [3.63, 3.8) is 0 Å². The van der Waals surface area contributed by atoms with E-state index in [0.29, 0.717) is 6.54 Å². The quantitative estimate of drug-likeness (QED) is 0.656. The smallest absolute Gasteiger partial charge is 0.299 e. The lowest BCUT2D eigenvalue weighted by Crippen LogP contribution is -2.40. The first kappa shape index (κ1) is 11.0. The molecule has 1 rings (SSSR count). The zero-order chi connectivity index (χ0) is 11.4. The minimum Gasteiger partial charge on any atom is -0.299 e. The molecule has 0 atom stereocenters. The molecule has 0 aliphatic carbocycles. The van der Waals surface area contributed by atoms with Crippen LogP contribution in [0.4, 0.5) is 0 Å². The molecule has 1 aromatic heterocycles. The molecule has 0 aromatic carbocycles. The number of nitriles is 1. The van der Waals surface area contributed by atoms with E-state index in [1.165, 1.54) is 16.8 Å². The highest BCUT2D eigenvalue weighted by Crippen LogP contribution is 1.87. The number of hydrogen-bond donors (Lipinski definition) is 0. The second-order valence-electron chi connectivity index (χ2n) is 2.93. The minimum absolute atomic E-state index is 0.0294. The molecule has 0 amide bonds. The van der Waals surface area contributed by atoms with Crippen molar-refractivity contribution in [3.8, 4) is 6.07 Å². The van der Waals surface area contributed by atoms with Crippen LogP contribution >= 0.6 is 0 Å². The Morgan fingerprint density at radius 2 is 2.27 bits per heavy atom. The van der Waals surface area contributed by atoms with Crippen molar-refractivity contribution in [1.82, 2.24) is 9.13 Å². The Hall–Kier alpha value is -2.09. The minimum atomic E-state index is -0.563. The zero-order valence-corrected chi connectivity index (χ0v) is 8.43. The van der Waals surface area contributed by atoms with Crippen molar-refractivity contribution in [2.75, 3.05) is 0 Å². The summed E-state index contributed by atoms with van der Waals surface area (Å²) in [5, 5.41) is 8.72. The van der Waals surface area contributed by atoms with Gasteiger partial charge in [0, 0.05) is 19.3 Å². The number of allylic oxidation sites excluding steroid dienone is 1. The van der Waals surface area contributed by atoms with Crippen LogP contribution in [0.15, 0.2) is 28.4 Å². The predicted octanol–water partition coefficient (Wildman–Crippen LogP) is 0.0876. The highest BCUT2D eigenvalue weighted by atomic mass is 16.2. The highest BCUT2D eigenvalue weighted by Gasteiger charge is 2.08. The summed E-state index contributed by atoms with van der Waals surface area (Å²) in [4.78, 5) is 23.2. The van der Waals surface area contributed by atoms with Gasteiger partial charge in [-0.2, -0.15) is 5.26 Å². The third kappa shape index (κ3) is 1.89. The summed E-state index contributed by atoms with van der Waals surface area (Å²) in [7, 11) is 0. The van der Waals surface area contributed by atoms with Crippen LogP contribution in [0.5, 0.6) is 0 Å². The molecule has 0 fully saturated rings. The SMILES string of the molecule is C=CCn1c(=O)c(C#N)cn(CC)c1=O. The number of nitrogens with zero attached hydrogens (tertiary/aromatic N) is 3. The van der Waals surface area contributed by atoms with Crippen LogP contribution in [0, 0.1) is 11.3 Å². The third-order valence-electron chi connectivity index (χ3n) is 2.01. The Kier molecular flexibility index (Phi) is 3.24. The van der Waals surface area contributed by atoms with E-state index in [-0.39, 0.29) is 12.1 Å². The van der Waals surface area contributed by atoms with E-state index < -0.39 is 11.2 Å². The fraction of sp³-hybridized carbons (Fsp3) is 0.300. The van der Waals surface area contributed by atoms with E-state index in [1.807, 2.05) is 0 Å². The van der Waals surface area contributed by atoms with Gasteiger partial charge in [-0.25, -0.2) is 4.79 Å². The van der Waals surface area contributed by atoms with Gasteiger partial charge in [0.2, 0.25) is 0 Å². The number of aryl methyl sites for hydroxylation is 1. The molecule has 1 heterocycles. The van der Waals surface area contributed by atoms with Gasteiger partial charge in [0.25, 0.3) is 5.56 Å². The fourth-order valence-corrected chi connectivity index (χ4v) is 1.25. The molecule has 0 unspecified atom stereocenters. The Labute approximate surface area is 86.5 Å². The Balaban J connectivity index is 3.62. The van der Waals surface area contributed by atoms with E-state index in [1.54, 1.807) is 13.0 Å². The Morgan fingerprint density at radius 1 is 1.60 bits per heavy atom. The van der Waals surface area contributed by atoms with Crippen molar-refractivity contribution in [2.45, 2.75) is 20.0 Å². The maximum absolute atomic E-state index is 11.6. The van der Waals surface area contributed by atoms with E-state index in [0.717, 1.165) is 4.57 Å². The van der Waals surface area contributed by atoms with Gasteiger partial charge >= 0.3 is 5.69 Å². The molecule has 0 radical (unpaired) electrons. The van der Waals surface area contributed by atoms with Crippen molar-refractivity contribution < 1.29 is 0 Å². The molecule has 0 aliphatic heterocycles. The van der Waals surface area contributed by atoms with Crippen molar-refractivity contribution in [2.24, 2.45) is 0 Å². The summed E-state index contributed by atoms with van der Waals surface area (Å²) in [6.07, 6.45) is 2.73. The lowest BCUT2D eigenvalue weighted by molar-refractivity contribution is 0.603. The van der Waals surface area contributed by atoms with Gasteiger partial charge < -0.3 is 0 Å². The second-order valence-corrected chi connectivity index (χ2v) is 2.93. The van der Waals surface area contributed by atoms with Crippen LogP contribution in [-0.4, -0.2) is 9.13 Å². The van der Waals surface area contributed by atoms with Gasteiger partial charge in [-0.3, -0.25) is 13.9 Å². The molecule has 0 saturated carbocycles. The van der Waals surface area contributed by atoms with Crippen LogP contribution in [-0.2, 0) is 13.1 Å². The summed E-state index contributed by atoms with van der Waals surface area (Å²) in [5.74, 6) is 0. The Bertz CT molecular complexity index is 531. The second kappa shape index (κ2) is 4.42. The highest BCUT2D eigenvalue weighted by molar-refractivity contribution is 5.22.